The topological polar surface area (TPSA) is 77.0 Å². The number of nitrogens with zero attached hydrogens (tertiary/aromatic N) is 4. The highest BCUT2D eigenvalue weighted by Crippen LogP contribution is 2.30. The van der Waals surface area contributed by atoms with Gasteiger partial charge in [-0.2, -0.15) is 0 Å². The van der Waals surface area contributed by atoms with Gasteiger partial charge in [-0.15, -0.1) is 0 Å². The fourth-order valence-electron chi connectivity index (χ4n) is 3.11. The summed E-state index contributed by atoms with van der Waals surface area (Å²) in [5, 5.41) is 0. The predicted molar refractivity (Wildman–Crippen MR) is 83.5 cm³/mol. The third kappa shape index (κ3) is 2.87. The second-order valence-corrected chi connectivity index (χ2v) is 5.58. The van der Waals surface area contributed by atoms with E-state index in [0.717, 1.165) is 43.1 Å². The summed E-state index contributed by atoms with van der Waals surface area (Å²) in [6.45, 7) is 3.26. The number of nitrogens with two attached hydrogens (primary N) is 1. The lowest BCUT2D eigenvalue weighted by Crippen LogP contribution is -2.33. The molecular weight excluding hydrogens is 278 g/mol. The van der Waals surface area contributed by atoms with E-state index in [1.165, 1.54) is 0 Å². The number of aryl methyl sites for hydroxylation is 1. The Morgan fingerprint density at radius 3 is 3.09 bits per heavy atom. The Morgan fingerprint density at radius 1 is 1.45 bits per heavy atom. The summed E-state index contributed by atoms with van der Waals surface area (Å²) < 4.78 is 2.01. The number of aromatic nitrogens is 3. The van der Waals surface area contributed by atoms with Crippen LogP contribution in [0.3, 0.4) is 0 Å². The van der Waals surface area contributed by atoms with Crippen molar-refractivity contribution < 1.29 is 4.79 Å². The van der Waals surface area contributed by atoms with Gasteiger partial charge in [0.05, 0.1) is 18.3 Å². The molecular formula is C16H21N5O. The molecule has 116 valence electrons. The van der Waals surface area contributed by atoms with Gasteiger partial charge in [-0.3, -0.25) is 14.3 Å². The van der Waals surface area contributed by atoms with E-state index in [1.54, 1.807) is 6.20 Å². The Kier molecular flexibility index (Phi) is 4.20. The molecule has 0 aromatic carbocycles. The van der Waals surface area contributed by atoms with Crippen molar-refractivity contribution in [1.29, 1.82) is 0 Å². The van der Waals surface area contributed by atoms with Crippen molar-refractivity contribution in [3.05, 3.63) is 42.1 Å². The number of hydrogen-bond donors (Lipinski definition) is 1. The van der Waals surface area contributed by atoms with E-state index < -0.39 is 0 Å². The smallest absolute Gasteiger partial charge is 0.231 e. The molecule has 22 heavy (non-hydrogen) atoms. The maximum atomic E-state index is 11.2. The minimum Gasteiger partial charge on any atom is -0.369 e. The van der Waals surface area contributed by atoms with Crippen LogP contribution in [-0.4, -0.2) is 38.4 Å². The minimum absolute atomic E-state index is 0.168. The van der Waals surface area contributed by atoms with Gasteiger partial charge in [0.2, 0.25) is 5.91 Å². The van der Waals surface area contributed by atoms with Crippen LogP contribution in [0.25, 0.3) is 5.82 Å². The van der Waals surface area contributed by atoms with Crippen LogP contribution in [0.15, 0.2) is 30.6 Å². The van der Waals surface area contributed by atoms with Gasteiger partial charge in [0.15, 0.2) is 0 Å². The number of imidazole rings is 1. The highest BCUT2D eigenvalue weighted by molar-refractivity contribution is 5.76. The molecule has 1 aliphatic rings. The molecule has 3 heterocycles. The Balaban J connectivity index is 1.89. The summed E-state index contributed by atoms with van der Waals surface area (Å²) in [5.74, 6) is 1.58. The van der Waals surface area contributed by atoms with Crippen molar-refractivity contribution in [2.24, 2.45) is 5.73 Å². The molecule has 1 aliphatic heterocycles. The van der Waals surface area contributed by atoms with Crippen molar-refractivity contribution in [3.63, 3.8) is 0 Å². The van der Waals surface area contributed by atoms with Crippen molar-refractivity contribution in [2.75, 3.05) is 13.1 Å². The van der Waals surface area contributed by atoms with E-state index in [9.17, 15) is 4.79 Å². The van der Waals surface area contributed by atoms with Crippen LogP contribution in [0.1, 0.15) is 37.3 Å². The highest BCUT2D eigenvalue weighted by Gasteiger charge is 2.28. The number of amides is 1. The van der Waals surface area contributed by atoms with E-state index in [2.05, 4.69) is 16.8 Å². The monoisotopic (exact) mass is 299 g/mol. The fourth-order valence-corrected chi connectivity index (χ4v) is 3.11. The molecule has 6 heteroatoms. The van der Waals surface area contributed by atoms with Gasteiger partial charge in [0.1, 0.15) is 11.6 Å². The quantitative estimate of drug-likeness (QED) is 0.906. The van der Waals surface area contributed by atoms with Crippen LogP contribution < -0.4 is 5.73 Å². The van der Waals surface area contributed by atoms with E-state index in [1.807, 2.05) is 29.0 Å². The second-order valence-electron chi connectivity index (χ2n) is 5.58. The summed E-state index contributed by atoms with van der Waals surface area (Å²) in [6.07, 6.45) is 6.66. The first-order chi connectivity index (χ1) is 10.7. The number of primary amides is 1. The SMILES string of the molecule is CCc1nccn1-c1cccc(C2CCCN2CC(N)=O)n1. The zero-order valence-corrected chi connectivity index (χ0v) is 12.8. The summed E-state index contributed by atoms with van der Waals surface area (Å²) in [6, 6.07) is 6.19. The zero-order chi connectivity index (χ0) is 15.5. The predicted octanol–water partition coefficient (Wildman–Crippen LogP) is 1.45. The molecule has 1 unspecified atom stereocenters. The van der Waals surface area contributed by atoms with Gasteiger partial charge >= 0.3 is 0 Å². The number of likely N-dealkylation sites (tertiary alicyclic amines) is 1. The first-order valence-corrected chi connectivity index (χ1v) is 7.71. The largest absolute Gasteiger partial charge is 0.369 e. The Hall–Kier alpha value is -2.21. The normalized spacial score (nSPS) is 18.7. The van der Waals surface area contributed by atoms with Crippen molar-refractivity contribution in [2.45, 2.75) is 32.2 Å². The van der Waals surface area contributed by atoms with Gasteiger partial charge in [-0.05, 0) is 31.5 Å². The molecule has 0 saturated carbocycles. The van der Waals surface area contributed by atoms with Crippen LogP contribution in [-0.2, 0) is 11.2 Å². The fraction of sp³-hybridized carbons (Fsp3) is 0.438. The van der Waals surface area contributed by atoms with Crippen molar-refractivity contribution in [3.8, 4) is 5.82 Å². The first kappa shape index (κ1) is 14.7. The van der Waals surface area contributed by atoms with E-state index >= 15 is 0 Å². The molecule has 0 spiro atoms. The van der Waals surface area contributed by atoms with Crippen molar-refractivity contribution >= 4 is 5.91 Å². The molecule has 1 atom stereocenters. The molecule has 1 amide bonds. The summed E-state index contributed by atoms with van der Waals surface area (Å²) in [4.78, 5) is 22.5. The maximum absolute atomic E-state index is 11.2. The molecule has 6 nitrogen and oxygen atoms in total. The van der Waals surface area contributed by atoms with Gasteiger partial charge in [0, 0.05) is 18.8 Å². The number of hydrogen-bond acceptors (Lipinski definition) is 4. The van der Waals surface area contributed by atoms with E-state index in [-0.39, 0.29) is 11.9 Å². The molecule has 0 bridgehead atoms. The van der Waals surface area contributed by atoms with Crippen LogP contribution in [0.4, 0.5) is 0 Å². The van der Waals surface area contributed by atoms with Gasteiger partial charge in [-0.1, -0.05) is 13.0 Å². The average Bonchev–Trinajstić information content (AvgIpc) is 3.15. The Morgan fingerprint density at radius 2 is 2.32 bits per heavy atom. The zero-order valence-electron chi connectivity index (χ0n) is 12.8. The summed E-state index contributed by atoms with van der Waals surface area (Å²) in [7, 11) is 0. The molecule has 1 fully saturated rings. The molecule has 0 aliphatic carbocycles. The van der Waals surface area contributed by atoms with Crippen LogP contribution in [0, 0.1) is 0 Å². The molecule has 2 N–H and O–H groups in total. The molecule has 1 saturated heterocycles. The lowest BCUT2D eigenvalue weighted by Gasteiger charge is -2.22. The van der Waals surface area contributed by atoms with E-state index in [4.69, 9.17) is 10.7 Å². The Bertz CT molecular complexity index is 666. The first-order valence-electron chi connectivity index (χ1n) is 7.71. The standard InChI is InChI=1S/C16H21N5O/c1-2-15-18-8-10-21(15)16-7-3-5-12(19-16)13-6-4-9-20(13)11-14(17)22/h3,5,7-8,10,13H,2,4,6,9,11H2,1H3,(H2,17,22). The number of rotatable bonds is 5. The maximum Gasteiger partial charge on any atom is 0.231 e. The highest BCUT2D eigenvalue weighted by atomic mass is 16.1. The van der Waals surface area contributed by atoms with Gasteiger partial charge < -0.3 is 5.73 Å². The molecule has 0 radical (unpaired) electrons. The third-order valence-corrected chi connectivity index (χ3v) is 4.10. The van der Waals surface area contributed by atoms with E-state index in [0.29, 0.717) is 6.54 Å². The second kappa shape index (κ2) is 6.27. The summed E-state index contributed by atoms with van der Waals surface area (Å²) in [5.41, 5.74) is 6.34. The lowest BCUT2D eigenvalue weighted by molar-refractivity contribution is -0.119. The molecule has 2 aromatic heterocycles. The van der Waals surface area contributed by atoms with Crippen LogP contribution >= 0.6 is 0 Å². The van der Waals surface area contributed by atoms with Crippen molar-refractivity contribution in [1.82, 2.24) is 19.4 Å². The third-order valence-electron chi connectivity index (χ3n) is 4.10. The van der Waals surface area contributed by atoms with Gasteiger partial charge in [0.25, 0.3) is 0 Å². The minimum atomic E-state index is -0.286. The molecule has 3 rings (SSSR count). The molecule has 2 aromatic rings. The van der Waals surface area contributed by atoms with Crippen LogP contribution in [0.5, 0.6) is 0 Å². The Labute approximate surface area is 130 Å². The average molecular weight is 299 g/mol. The lowest BCUT2D eigenvalue weighted by atomic mass is 10.1. The van der Waals surface area contributed by atoms with Gasteiger partial charge in [-0.25, -0.2) is 9.97 Å². The number of carbonyl (C=O) groups is 1. The number of carbonyl (C=O) groups excluding carboxylic acids is 1. The number of pyridine rings is 1. The summed E-state index contributed by atoms with van der Waals surface area (Å²) >= 11 is 0. The van der Waals surface area contributed by atoms with Crippen LogP contribution in [0.2, 0.25) is 0 Å².